The van der Waals surface area contributed by atoms with Gasteiger partial charge in [0.25, 0.3) is 0 Å². The molecular formula is C10H11N3O2S. The molecule has 1 aromatic heterocycles. The highest BCUT2D eigenvalue weighted by Crippen LogP contribution is 2.18. The van der Waals surface area contributed by atoms with E-state index in [-0.39, 0.29) is 5.97 Å². The molecule has 0 saturated carbocycles. The number of azide groups is 1. The lowest BCUT2D eigenvalue weighted by atomic mass is 10.3. The number of thiophene rings is 1. The van der Waals surface area contributed by atoms with Gasteiger partial charge in [0, 0.05) is 16.3 Å². The number of ether oxygens (including phenoxy) is 1. The van der Waals surface area contributed by atoms with Gasteiger partial charge in [0.1, 0.15) is 4.88 Å². The maximum atomic E-state index is 11.2. The van der Waals surface area contributed by atoms with Crippen molar-refractivity contribution >= 4 is 23.4 Å². The third-order valence-electron chi connectivity index (χ3n) is 1.75. The Labute approximate surface area is 97.0 Å². The minimum Gasteiger partial charge on any atom is -0.465 e. The zero-order valence-electron chi connectivity index (χ0n) is 8.79. The second kappa shape index (κ2) is 6.66. The van der Waals surface area contributed by atoms with E-state index >= 15 is 0 Å². The highest BCUT2D eigenvalue weighted by atomic mass is 32.1. The Morgan fingerprint density at radius 3 is 3.19 bits per heavy atom. The number of methoxy groups -OCH3 is 1. The van der Waals surface area contributed by atoms with Crippen LogP contribution in [0.1, 0.15) is 21.0 Å². The van der Waals surface area contributed by atoms with Gasteiger partial charge in [-0.05, 0) is 30.2 Å². The molecule has 0 aliphatic heterocycles. The minimum atomic E-state index is -0.321. The Balaban J connectivity index is 2.51. The summed E-state index contributed by atoms with van der Waals surface area (Å²) in [6, 6.07) is 3.57. The van der Waals surface area contributed by atoms with Gasteiger partial charge in [0.15, 0.2) is 0 Å². The van der Waals surface area contributed by atoms with Crippen LogP contribution in [-0.2, 0) is 4.74 Å². The lowest BCUT2D eigenvalue weighted by Crippen LogP contribution is -1.96. The van der Waals surface area contributed by atoms with Crippen molar-refractivity contribution in [2.45, 2.75) is 6.42 Å². The summed E-state index contributed by atoms with van der Waals surface area (Å²) in [5.41, 5.74) is 8.06. The van der Waals surface area contributed by atoms with Crippen molar-refractivity contribution in [2.24, 2.45) is 5.11 Å². The summed E-state index contributed by atoms with van der Waals surface area (Å²) in [7, 11) is 1.36. The molecule has 84 valence electrons. The van der Waals surface area contributed by atoms with Gasteiger partial charge in [0.05, 0.1) is 7.11 Å². The fourth-order valence-corrected chi connectivity index (χ4v) is 1.89. The molecule has 0 aliphatic carbocycles. The summed E-state index contributed by atoms with van der Waals surface area (Å²) in [5.74, 6) is -0.321. The molecule has 6 heteroatoms. The van der Waals surface area contributed by atoms with Crippen LogP contribution in [0.4, 0.5) is 0 Å². The van der Waals surface area contributed by atoms with Crippen molar-refractivity contribution in [3.05, 3.63) is 38.4 Å². The fraction of sp³-hybridized carbons (Fsp3) is 0.300. The molecule has 0 N–H and O–H groups in total. The third kappa shape index (κ3) is 3.76. The van der Waals surface area contributed by atoms with Crippen LogP contribution >= 0.6 is 11.3 Å². The third-order valence-corrected chi connectivity index (χ3v) is 2.79. The number of carbonyl (C=O) groups excluding carboxylic acids is 1. The van der Waals surface area contributed by atoms with E-state index in [1.165, 1.54) is 18.4 Å². The highest BCUT2D eigenvalue weighted by Gasteiger charge is 2.06. The largest absolute Gasteiger partial charge is 0.465 e. The van der Waals surface area contributed by atoms with Crippen molar-refractivity contribution in [1.82, 2.24) is 0 Å². The zero-order chi connectivity index (χ0) is 11.8. The number of hydrogen-bond acceptors (Lipinski definition) is 4. The summed E-state index contributed by atoms with van der Waals surface area (Å²) in [6.45, 7) is 0.447. The lowest BCUT2D eigenvalue weighted by molar-refractivity contribution is 0.0606. The van der Waals surface area contributed by atoms with Gasteiger partial charge in [-0.25, -0.2) is 4.79 Å². The van der Waals surface area contributed by atoms with Gasteiger partial charge in [0.2, 0.25) is 0 Å². The Morgan fingerprint density at radius 2 is 2.50 bits per heavy atom. The summed E-state index contributed by atoms with van der Waals surface area (Å²) < 4.78 is 4.60. The van der Waals surface area contributed by atoms with Crippen molar-refractivity contribution < 1.29 is 9.53 Å². The van der Waals surface area contributed by atoms with Gasteiger partial charge >= 0.3 is 5.97 Å². The van der Waals surface area contributed by atoms with Gasteiger partial charge in [-0.15, -0.1) is 11.3 Å². The quantitative estimate of drug-likeness (QED) is 0.259. The normalized spacial score (nSPS) is 10.1. The van der Waals surface area contributed by atoms with Crippen molar-refractivity contribution in [3.8, 4) is 0 Å². The lowest BCUT2D eigenvalue weighted by Gasteiger charge is -1.91. The first-order chi connectivity index (χ1) is 7.77. The van der Waals surface area contributed by atoms with Crippen molar-refractivity contribution in [1.29, 1.82) is 0 Å². The van der Waals surface area contributed by atoms with E-state index in [0.717, 1.165) is 4.88 Å². The van der Waals surface area contributed by atoms with Crippen LogP contribution in [0.15, 0.2) is 23.3 Å². The summed E-state index contributed by atoms with van der Waals surface area (Å²) in [4.78, 5) is 15.4. The van der Waals surface area contributed by atoms with Crippen LogP contribution in [0.2, 0.25) is 0 Å². The molecule has 0 spiro atoms. The molecule has 0 aliphatic rings. The van der Waals surface area contributed by atoms with Gasteiger partial charge in [-0.3, -0.25) is 0 Å². The van der Waals surface area contributed by atoms with E-state index in [1.54, 1.807) is 6.07 Å². The van der Waals surface area contributed by atoms with Gasteiger partial charge < -0.3 is 4.74 Å². The summed E-state index contributed by atoms with van der Waals surface area (Å²) >= 11 is 1.36. The Hall–Kier alpha value is -1.78. The average Bonchev–Trinajstić information content (AvgIpc) is 2.76. The van der Waals surface area contributed by atoms with Crippen LogP contribution in [0, 0.1) is 0 Å². The number of rotatable bonds is 5. The van der Waals surface area contributed by atoms with Crippen LogP contribution < -0.4 is 0 Å². The predicted molar refractivity (Wildman–Crippen MR) is 63.3 cm³/mol. The maximum absolute atomic E-state index is 11.2. The van der Waals surface area contributed by atoms with Crippen molar-refractivity contribution in [3.63, 3.8) is 0 Å². The monoisotopic (exact) mass is 237 g/mol. The smallest absolute Gasteiger partial charge is 0.348 e. The number of hydrogen-bond donors (Lipinski definition) is 0. The number of nitrogens with zero attached hydrogens (tertiary/aromatic N) is 3. The van der Waals surface area contributed by atoms with Crippen LogP contribution in [-0.4, -0.2) is 19.6 Å². The fourth-order valence-electron chi connectivity index (χ4n) is 1.03. The molecule has 0 atom stereocenters. The number of esters is 1. The first-order valence-electron chi connectivity index (χ1n) is 4.63. The van der Waals surface area contributed by atoms with Crippen molar-refractivity contribution in [2.75, 3.05) is 13.7 Å². The zero-order valence-corrected chi connectivity index (χ0v) is 9.61. The van der Waals surface area contributed by atoms with E-state index in [1.807, 2.05) is 18.2 Å². The second-order valence-corrected chi connectivity index (χ2v) is 3.95. The van der Waals surface area contributed by atoms with Gasteiger partial charge in [-0.1, -0.05) is 11.2 Å². The molecule has 1 aromatic rings. The van der Waals surface area contributed by atoms with E-state index in [0.29, 0.717) is 17.8 Å². The van der Waals surface area contributed by atoms with E-state index < -0.39 is 0 Å². The van der Waals surface area contributed by atoms with E-state index in [2.05, 4.69) is 14.8 Å². The summed E-state index contributed by atoms with van der Waals surface area (Å²) in [5, 5.41) is 3.41. The molecule has 0 bridgehead atoms. The number of carbonyl (C=O) groups is 1. The van der Waals surface area contributed by atoms with Crippen LogP contribution in [0.5, 0.6) is 0 Å². The molecule has 0 aromatic carbocycles. The molecule has 0 amide bonds. The first kappa shape index (κ1) is 12.3. The topological polar surface area (TPSA) is 75.1 Å². The molecule has 0 radical (unpaired) electrons. The minimum absolute atomic E-state index is 0.321. The first-order valence-corrected chi connectivity index (χ1v) is 5.45. The Bertz CT molecular complexity index is 433. The summed E-state index contributed by atoms with van der Waals surface area (Å²) in [6.07, 6.45) is 4.49. The maximum Gasteiger partial charge on any atom is 0.348 e. The molecule has 16 heavy (non-hydrogen) atoms. The second-order valence-electron chi connectivity index (χ2n) is 2.84. The van der Waals surface area contributed by atoms with Crippen LogP contribution in [0.3, 0.4) is 0 Å². The van der Waals surface area contributed by atoms with E-state index in [9.17, 15) is 4.79 Å². The molecule has 5 nitrogen and oxygen atoms in total. The SMILES string of the molecule is COC(=O)c1ccc(C=CCCN=[N+]=[N-])s1. The average molecular weight is 237 g/mol. The molecule has 0 unspecified atom stereocenters. The predicted octanol–water partition coefficient (Wildman–Crippen LogP) is 3.25. The standard InChI is InChI=1S/C10H11N3O2S/c1-15-10(14)9-6-5-8(16-9)4-2-3-7-12-13-11/h2,4-6H,3,7H2,1H3. The van der Waals surface area contributed by atoms with Gasteiger partial charge in [-0.2, -0.15) is 0 Å². The molecule has 0 fully saturated rings. The highest BCUT2D eigenvalue weighted by molar-refractivity contribution is 7.14. The molecule has 1 heterocycles. The molecular weight excluding hydrogens is 226 g/mol. The Morgan fingerprint density at radius 1 is 1.69 bits per heavy atom. The molecule has 0 saturated heterocycles. The van der Waals surface area contributed by atoms with Crippen LogP contribution in [0.25, 0.3) is 16.5 Å². The molecule has 1 rings (SSSR count). The Kier molecular flexibility index (Phi) is 5.11. The van der Waals surface area contributed by atoms with E-state index in [4.69, 9.17) is 5.53 Å².